The number of aliphatic hydroxyl groups excluding tert-OH is 1. The van der Waals surface area contributed by atoms with Crippen LogP contribution in [0.1, 0.15) is 40.0 Å². The lowest BCUT2D eigenvalue weighted by atomic mass is 9.82. The van der Waals surface area contributed by atoms with E-state index in [9.17, 15) is 29.7 Å². The molecule has 0 radical (unpaired) electrons. The number of ether oxygens (including phenoxy) is 4. The second kappa shape index (κ2) is 7.86. The van der Waals surface area contributed by atoms with Gasteiger partial charge in [-0.1, -0.05) is 6.58 Å². The Labute approximate surface area is 178 Å². The molecule has 1 fully saturated rings. The molecule has 3 N–H and O–H groups in total. The molecular weight excluding hydrogens is 412 g/mol. The first-order valence-corrected chi connectivity index (χ1v) is 9.77. The average Bonchev–Trinajstić information content (AvgIpc) is 3.14. The Bertz CT molecular complexity index is 898. The van der Waals surface area contributed by atoms with Crippen LogP contribution in [0.25, 0.3) is 0 Å². The molecule has 0 aliphatic carbocycles. The average molecular weight is 438 g/mol. The van der Waals surface area contributed by atoms with Gasteiger partial charge in [-0.3, -0.25) is 4.79 Å². The normalized spacial score (nSPS) is 36.4. The van der Waals surface area contributed by atoms with Crippen molar-refractivity contribution in [2.24, 2.45) is 0 Å². The molecule has 1 unspecified atom stereocenters. The summed E-state index contributed by atoms with van der Waals surface area (Å²) < 4.78 is 21.6. The van der Waals surface area contributed by atoms with Crippen molar-refractivity contribution in [2.75, 3.05) is 13.2 Å². The molecule has 3 aliphatic heterocycles. The van der Waals surface area contributed by atoms with Crippen molar-refractivity contribution in [3.8, 4) is 0 Å². The molecule has 31 heavy (non-hydrogen) atoms. The summed E-state index contributed by atoms with van der Waals surface area (Å²) in [7, 11) is 0. The van der Waals surface area contributed by atoms with E-state index in [1.54, 1.807) is 6.92 Å². The smallest absolute Gasteiger partial charge is 0.343 e. The summed E-state index contributed by atoms with van der Waals surface area (Å²) in [4.78, 5) is 36.2. The molecule has 0 spiro atoms. The van der Waals surface area contributed by atoms with Crippen LogP contribution in [-0.4, -0.2) is 69.5 Å². The van der Waals surface area contributed by atoms with Gasteiger partial charge in [0.2, 0.25) is 0 Å². The van der Waals surface area contributed by atoms with Gasteiger partial charge in [-0.25, -0.2) is 9.59 Å². The number of hydrogen-bond donors (Lipinski definition) is 3. The van der Waals surface area contributed by atoms with Crippen LogP contribution < -0.4 is 0 Å². The number of aliphatic hydroxyl groups is 3. The number of carbonyl (C=O) groups excluding carboxylic acids is 3. The molecule has 0 amide bonds. The fourth-order valence-electron chi connectivity index (χ4n) is 3.91. The van der Waals surface area contributed by atoms with Crippen LogP contribution in [0.15, 0.2) is 35.1 Å². The highest BCUT2D eigenvalue weighted by Gasteiger charge is 2.58. The maximum absolute atomic E-state index is 12.6. The number of hydrogen-bond acceptors (Lipinski definition) is 10. The highest BCUT2D eigenvalue weighted by Crippen LogP contribution is 2.49. The predicted molar refractivity (Wildman–Crippen MR) is 103 cm³/mol. The Hall–Kier alpha value is -2.53. The summed E-state index contributed by atoms with van der Waals surface area (Å²) in [5.41, 5.74) is -3.24. The third kappa shape index (κ3) is 4.29. The Morgan fingerprint density at radius 1 is 1.29 bits per heavy atom. The summed E-state index contributed by atoms with van der Waals surface area (Å²) in [6.07, 6.45) is 0.194. The molecule has 10 heteroatoms. The first-order chi connectivity index (χ1) is 14.3. The quantitative estimate of drug-likeness (QED) is 0.308. The van der Waals surface area contributed by atoms with Crippen molar-refractivity contribution in [1.82, 2.24) is 0 Å². The Morgan fingerprint density at radius 3 is 2.58 bits per heavy atom. The van der Waals surface area contributed by atoms with Crippen molar-refractivity contribution in [2.45, 2.75) is 63.1 Å². The molecule has 0 aromatic heterocycles. The molecular formula is C21H26O10. The third-order valence-corrected chi connectivity index (χ3v) is 5.73. The molecule has 0 aromatic carbocycles. The van der Waals surface area contributed by atoms with Gasteiger partial charge in [0.15, 0.2) is 5.79 Å². The zero-order valence-corrected chi connectivity index (χ0v) is 17.6. The molecule has 170 valence electrons. The van der Waals surface area contributed by atoms with Gasteiger partial charge >= 0.3 is 17.9 Å². The molecule has 0 aromatic rings. The van der Waals surface area contributed by atoms with E-state index in [2.05, 4.69) is 6.58 Å². The summed E-state index contributed by atoms with van der Waals surface area (Å²) in [6.45, 7) is 6.47. The maximum Gasteiger partial charge on any atom is 0.343 e. The van der Waals surface area contributed by atoms with E-state index in [0.29, 0.717) is 6.42 Å². The van der Waals surface area contributed by atoms with Crippen LogP contribution in [-0.2, 0) is 33.3 Å². The number of fused-ring (bicyclic) bond motifs is 3. The lowest BCUT2D eigenvalue weighted by molar-refractivity contribution is -0.298. The van der Waals surface area contributed by atoms with E-state index in [1.165, 1.54) is 19.9 Å². The van der Waals surface area contributed by atoms with Gasteiger partial charge in [0.25, 0.3) is 0 Å². The zero-order valence-electron chi connectivity index (χ0n) is 17.6. The van der Waals surface area contributed by atoms with Gasteiger partial charge in [0, 0.05) is 25.3 Å². The number of esters is 3. The van der Waals surface area contributed by atoms with Gasteiger partial charge in [-0.2, -0.15) is 0 Å². The monoisotopic (exact) mass is 438 g/mol. The highest BCUT2D eigenvalue weighted by molar-refractivity contribution is 5.96. The SMILES string of the molecule is C=C(CO)C(=O)OC1C[C@@](C)(O)[C@]2(O)CC[C@](C)(/C=C3/OC(=O)C(COC(C)=O)=C31)O2. The van der Waals surface area contributed by atoms with E-state index in [4.69, 9.17) is 18.9 Å². The standard InChI is InChI=1S/C21H26O10/c1-11(9-22)17(24)29-15-8-20(4,26)21(27)6-5-19(3,31-21)7-14-16(15)13(18(25)30-14)10-28-12(2)23/h7,15,22,26-27H,1,5-6,8-10H2,2-4H3/b14-7+/t15?,19-,20-,21+/m1/s1. The molecule has 0 saturated carbocycles. The second-order valence-electron chi connectivity index (χ2n) is 8.40. The van der Waals surface area contributed by atoms with Crippen molar-refractivity contribution >= 4 is 17.9 Å². The van der Waals surface area contributed by atoms with Crippen LogP contribution in [0.3, 0.4) is 0 Å². The van der Waals surface area contributed by atoms with Crippen molar-refractivity contribution < 1.29 is 48.7 Å². The lowest BCUT2D eigenvalue weighted by Crippen LogP contribution is -2.54. The van der Waals surface area contributed by atoms with Gasteiger partial charge in [-0.15, -0.1) is 0 Å². The van der Waals surface area contributed by atoms with Crippen LogP contribution in [0.5, 0.6) is 0 Å². The molecule has 10 nitrogen and oxygen atoms in total. The maximum atomic E-state index is 12.6. The van der Waals surface area contributed by atoms with Crippen LogP contribution in [0, 0.1) is 0 Å². The summed E-state index contributed by atoms with van der Waals surface area (Å²) in [6, 6.07) is 0. The molecule has 3 rings (SSSR count). The van der Waals surface area contributed by atoms with E-state index in [1.807, 2.05) is 0 Å². The van der Waals surface area contributed by atoms with Gasteiger partial charge < -0.3 is 34.3 Å². The Balaban J connectivity index is 2.16. The van der Waals surface area contributed by atoms with Crippen LogP contribution in [0.2, 0.25) is 0 Å². The van der Waals surface area contributed by atoms with E-state index in [0.717, 1.165) is 0 Å². The van der Waals surface area contributed by atoms with E-state index in [-0.39, 0.29) is 35.3 Å². The summed E-state index contributed by atoms with van der Waals surface area (Å²) in [5, 5.41) is 31.4. The first-order valence-electron chi connectivity index (χ1n) is 9.77. The van der Waals surface area contributed by atoms with E-state index < -0.39 is 54.2 Å². The minimum atomic E-state index is -1.96. The minimum Gasteiger partial charge on any atom is -0.461 e. The van der Waals surface area contributed by atoms with Gasteiger partial charge in [-0.05, 0) is 26.3 Å². The zero-order chi connectivity index (χ0) is 23.2. The fraction of sp³-hybridized carbons (Fsp3) is 0.571. The molecule has 3 heterocycles. The first kappa shape index (κ1) is 23.1. The van der Waals surface area contributed by atoms with Crippen molar-refractivity contribution in [3.63, 3.8) is 0 Å². The van der Waals surface area contributed by atoms with Crippen LogP contribution in [0.4, 0.5) is 0 Å². The Morgan fingerprint density at radius 2 is 1.97 bits per heavy atom. The predicted octanol–water partition coefficient (Wildman–Crippen LogP) is 0.159. The molecule has 3 aliphatic rings. The Kier molecular flexibility index (Phi) is 5.87. The molecule has 1 saturated heterocycles. The molecule has 2 bridgehead atoms. The van der Waals surface area contributed by atoms with Crippen molar-refractivity contribution in [3.05, 3.63) is 35.1 Å². The number of carbonyl (C=O) groups is 3. The third-order valence-electron chi connectivity index (χ3n) is 5.73. The largest absolute Gasteiger partial charge is 0.461 e. The molecule has 4 atom stereocenters. The number of rotatable bonds is 5. The fourth-order valence-corrected chi connectivity index (χ4v) is 3.91. The van der Waals surface area contributed by atoms with Crippen molar-refractivity contribution in [1.29, 1.82) is 0 Å². The summed E-state index contributed by atoms with van der Waals surface area (Å²) >= 11 is 0. The van der Waals surface area contributed by atoms with Gasteiger partial charge in [0.1, 0.15) is 24.1 Å². The lowest BCUT2D eigenvalue weighted by Gasteiger charge is -2.40. The van der Waals surface area contributed by atoms with Crippen LogP contribution >= 0.6 is 0 Å². The van der Waals surface area contributed by atoms with Gasteiger partial charge in [0.05, 0.1) is 23.4 Å². The highest BCUT2D eigenvalue weighted by atomic mass is 16.7. The van der Waals surface area contributed by atoms with E-state index >= 15 is 0 Å². The topological polar surface area (TPSA) is 149 Å². The summed E-state index contributed by atoms with van der Waals surface area (Å²) in [5.74, 6) is -4.36. The second-order valence-corrected chi connectivity index (χ2v) is 8.40. The minimum absolute atomic E-state index is 0.0176.